The van der Waals surface area contributed by atoms with Gasteiger partial charge in [0.25, 0.3) is 0 Å². The minimum atomic E-state index is -0.930. The van der Waals surface area contributed by atoms with Crippen LogP contribution in [0.3, 0.4) is 0 Å². The van der Waals surface area contributed by atoms with Crippen molar-refractivity contribution in [3.8, 4) is 0 Å². The molecule has 6 N–H and O–H groups in total. The summed E-state index contributed by atoms with van der Waals surface area (Å²) in [5.74, 6) is -0.649. The van der Waals surface area contributed by atoms with Crippen LogP contribution in [-0.2, 0) is 14.4 Å². The molecule has 1 saturated carbocycles. The molecule has 0 spiro atoms. The van der Waals surface area contributed by atoms with Gasteiger partial charge in [-0.2, -0.15) is 0 Å². The lowest BCUT2D eigenvalue weighted by Gasteiger charge is -2.47. The first-order valence-corrected chi connectivity index (χ1v) is 15.4. The van der Waals surface area contributed by atoms with E-state index in [1.165, 1.54) is 0 Å². The first-order chi connectivity index (χ1) is 19.1. The van der Waals surface area contributed by atoms with E-state index in [4.69, 9.17) is 23.1 Å². The van der Waals surface area contributed by atoms with Crippen LogP contribution in [0.4, 0.5) is 5.69 Å². The molecule has 0 aromatic heterocycles. The van der Waals surface area contributed by atoms with E-state index >= 15 is 0 Å². The number of amides is 3. The number of piperazine rings is 1. The van der Waals surface area contributed by atoms with Crippen LogP contribution >= 0.6 is 11.6 Å². The molecule has 7 atom stereocenters. The molecule has 1 aliphatic carbocycles. The molecule has 10 heteroatoms. The van der Waals surface area contributed by atoms with Crippen LogP contribution in [0.2, 0.25) is 5.02 Å². The number of nitrogens with one attached hydrogen (secondary N) is 1. The van der Waals surface area contributed by atoms with Gasteiger partial charge >= 0.3 is 0 Å². The topological polar surface area (TPSA) is 142 Å². The quantitative estimate of drug-likeness (QED) is 0.294. The molecule has 1 saturated heterocycles. The van der Waals surface area contributed by atoms with Crippen LogP contribution in [0.15, 0.2) is 24.3 Å². The van der Waals surface area contributed by atoms with E-state index in [0.717, 1.165) is 12.8 Å². The van der Waals surface area contributed by atoms with Crippen molar-refractivity contribution in [1.29, 1.82) is 0 Å². The summed E-state index contributed by atoms with van der Waals surface area (Å²) >= 11 is 6.36. The number of aliphatic hydroxyl groups excluding tert-OH is 1. The molecule has 1 aromatic rings. The fraction of sp³-hybridized carbons (Fsp3) is 0.710. The standard InChI is InChI=1S/C31H50ClN5O4/c1-7-20(28(40)35-24(8-2)21-13-19(3)15-31(21,6)29(34)41)14-26(38)23(33)16-36-17-27(39)37(18-30(36,4)5)25-12-10-9-11-22(25)32/h9-12,19-21,23-24,26,38H,7-8,13-18,33H2,1-6H3,(H2,34,41)(H,35,40)/t19?,20-,21?,23+,24?,26+,31?/m1/s1. The molecule has 2 aliphatic rings. The van der Waals surface area contributed by atoms with E-state index in [0.29, 0.717) is 42.6 Å². The maximum Gasteiger partial charge on any atom is 0.241 e. The van der Waals surface area contributed by atoms with Gasteiger partial charge in [0, 0.05) is 36.6 Å². The van der Waals surface area contributed by atoms with E-state index < -0.39 is 29.0 Å². The monoisotopic (exact) mass is 591 g/mol. The van der Waals surface area contributed by atoms with E-state index in [9.17, 15) is 19.5 Å². The van der Waals surface area contributed by atoms with E-state index in [-0.39, 0.29) is 42.6 Å². The van der Waals surface area contributed by atoms with Gasteiger partial charge in [0.1, 0.15) is 0 Å². The van der Waals surface area contributed by atoms with Gasteiger partial charge in [0.2, 0.25) is 17.7 Å². The maximum absolute atomic E-state index is 13.4. The molecular formula is C31H50ClN5O4. The van der Waals surface area contributed by atoms with Crippen LogP contribution in [0, 0.1) is 23.2 Å². The van der Waals surface area contributed by atoms with Gasteiger partial charge in [0.15, 0.2) is 0 Å². The molecule has 0 radical (unpaired) electrons. The predicted molar refractivity (Wildman–Crippen MR) is 163 cm³/mol. The predicted octanol–water partition coefficient (Wildman–Crippen LogP) is 3.30. The summed E-state index contributed by atoms with van der Waals surface area (Å²) in [7, 11) is 0. The molecule has 1 aliphatic heterocycles. The number of para-hydroxylation sites is 1. The molecule has 4 unspecified atom stereocenters. The Kier molecular flexibility index (Phi) is 10.9. The molecule has 1 heterocycles. The lowest BCUT2D eigenvalue weighted by atomic mass is 9.74. The molecule has 230 valence electrons. The number of nitrogens with zero attached hydrogens (tertiary/aromatic N) is 2. The minimum absolute atomic E-state index is 0.0298. The first-order valence-electron chi connectivity index (χ1n) is 15.0. The number of hydrogen-bond donors (Lipinski definition) is 4. The van der Waals surface area contributed by atoms with Crippen LogP contribution < -0.4 is 21.7 Å². The van der Waals surface area contributed by atoms with Crippen LogP contribution in [0.25, 0.3) is 0 Å². The van der Waals surface area contributed by atoms with Gasteiger partial charge < -0.3 is 26.8 Å². The number of nitrogens with two attached hydrogens (primary N) is 2. The number of halogens is 1. The smallest absolute Gasteiger partial charge is 0.241 e. The van der Waals surface area contributed by atoms with Crippen molar-refractivity contribution < 1.29 is 19.5 Å². The molecule has 41 heavy (non-hydrogen) atoms. The Balaban J connectivity index is 1.62. The van der Waals surface area contributed by atoms with Crippen molar-refractivity contribution >= 4 is 35.0 Å². The Morgan fingerprint density at radius 3 is 2.44 bits per heavy atom. The van der Waals surface area contributed by atoms with Crippen LogP contribution in [0.5, 0.6) is 0 Å². The zero-order chi connectivity index (χ0) is 30.7. The van der Waals surface area contributed by atoms with Crippen molar-refractivity contribution in [2.24, 2.45) is 34.6 Å². The highest BCUT2D eigenvalue weighted by Gasteiger charge is 2.50. The molecule has 1 aromatic carbocycles. The molecule has 2 fully saturated rings. The zero-order valence-electron chi connectivity index (χ0n) is 25.5. The largest absolute Gasteiger partial charge is 0.391 e. The lowest BCUT2D eigenvalue weighted by molar-refractivity contribution is -0.132. The Morgan fingerprint density at radius 1 is 1.20 bits per heavy atom. The van der Waals surface area contributed by atoms with Crippen LogP contribution in [0.1, 0.15) is 73.6 Å². The van der Waals surface area contributed by atoms with Gasteiger partial charge in [-0.05, 0) is 69.9 Å². The summed E-state index contributed by atoms with van der Waals surface area (Å²) in [4.78, 5) is 42.6. The number of aliphatic hydroxyl groups is 1. The highest BCUT2D eigenvalue weighted by molar-refractivity contribution is 6.33. The third kappa shape index (κ3) is 7.42. The summed E-state index contributed by atoms with van der Waals surface area (Å²) in [5.41, 5.74) is 11.9. The summed E-state index contributed by atoms with van der Waals surface area (Å²) in [5, 5.41) is 14.8. The minimum Gasteiger partial charge on any atom is -0.391 e. The number of carbonyl (C=O) groups is 3. The Morgan fingerprint density at radius 2 is 1.85 bits per heavy atom. The molecule has 0 bridgehead atoms. The normalized spacial score (nSPS) is 27.7. The third-order valence-electron chi connectivity index (χ3n) is 9.55. The molecule has 3 amide bonds. The van der Waals surface area contributed by atoms with Gasteiger partial charge in [-0.3, -0.25) is 19.3 Å². The number of benzene rings is 1. The molecule has 3 rings (SSSR count). The third-order valence-corrected chi connectivity index (χ3v) is 9.87. The average molecular weight is 592 g/mol. The summed E-state index contributed by atoms with van der Waals surface area (Å²) in [6.45, 7) is 12.9. The van der Waals surface area contributed by atoms with E-state index in [1.807, 2.05) is 57.7 Å². The maximum atomic E-state index is 13.4. The average Bonchev–Trinajstić information content (AvgIpc) is 3.22. The van der Waals surface area contributed by atoms with Crippen LogP contribution in [-0.4, -0.2) is 71.1 Å². The highest BCUT2D eigenvalue weighted by Crippen LogP contribution is 2.48. The van der Waals surface area contributed by atoms with E-state index in [2.05, 4.69) is 12.2 Å². The summed E-state index contributed by atoms with van der Waals surface area (Å²) in [6, 6.07) is 6.47. The van der Waals surface area contributed by atoms with Gasteiger partial charge in [-0.25, -0.2) is 0 Å². The second-order valence-corrected chi connectivity index (χ2v) is 13.6. The lowest BCUT2D eigenvalue weighted by Crippen LogP contribution is -2.64. The van der Waals surface area contributed by atoms with Crippen molar-refractivity contribution in [3.63, 3.8) is 0 Å². The van der Waals surface area contributed by atoms with Gasteiger partial charge in [-0.15, -0.1) is 0 Å². The fourth-order valence-electron chi connectivity index (χ4n) is 6.87. The van der Waals surface area contributed by atoms with Crippen molar-refractivity contribution in [2.45, 2.75) is 97.4 Å². The number of anilines is 1. The van der Waals surface area contributed by atoms with Gasteiger partial charge in [-0.1, -0.05) is 51.4 Å². The SMILES string of the molecule is CCC(NC(=O)[C@H](CC)C[C@H](O)[C@@H](N)CN1CC(=O)N(c2ccccc2Cl)CC1(C)C)C1CC(C)CC1(C)C(N)=O. The number of hydrogen-bond acceptors (Lipinski definition) is 6. The second kappa shape index (κ2) is 13.4. The summed E-state index contributed by atoms with van der Waals surface area (Å²) < 4.78 is 0. The Labute approximate surface area is 250 Å². The Bertz CT molecular complexity index is 1100. The van der Waals surface area contributed by atoms with Crippen molar-refractivity contribution in [2.75, 3.05) is 24.5 Å². The van der Waals surface area contributed by atoms with E-state index in [1.54, 1.807) is 11.0 Å². The Hall–Kier alpha value is -2.20. The van der Waals surface area contributed by atoms with Gasteiger partial charge in [0.05, 0.1) is 28.8 Å². The number of rotatable bonds is 12. The number of carbonyl (C=O) groups excluding carboxylic acids is 3. The highest BCUT2D eigenvalue weighted by atomic mass is 35.5. The van der Waals surface area contributed by atoms with Crippen molar-refractivity contribution in [1.82, 2.24) is 10.2 Å². The zero-order valence-corrected chi connectivity index (χ0v) is 26.3. The summed E-state index contributed by atoms with van der Waals surface area (Å²) in [6.07, 6.45) is 2.06. The number of primary amides is 1. The molecule has 9 nitrogen and oxygen atoms in total. The second-order valence-electron chi connectivity index (χ2n) is 13.2. The fourth-order valence-corrected chi connectivity index (χ4v) is 7.11. The molecular weight excluding hydrogens is 542 g/mol. The van der Waals surface area contributed by atoms with Crippen molar-refractivity contribution in [3.05, 3.63) is 29.3 Å². The first kappa shape index (κ1) is 33.3.